The van der Waals surface area contributed by atoms with Gasteiger partial charge in [0, 0.05) is 36.9 Å². The first-order valence-corrected chi connectivity index (χ1v) is 18.9. The molecule has 0 aliphatic rings. The van der Waals surface area contributed by atoms with E-state index < -0.39 is 6.04 Å². The lowest BCUT2D eigenvalue weighted by molar-refractivity contribution is 1.08. The highest BCUT2D eigenvalue weighted by molar-refractivity contribution is 7.26. The van der Waals surface area contributed by atoms with Gasteiger partial charge in [0.2, 0.25) is 0 Å². The van der Waals surface area contributed by atoms with Crippen LogP contribution in [0.1, 0.15) is 6.85 Å². The normalized spacial score (nSPS) is 12.9. The number of thiophene rings is 1. The zero-order valence-electron chi connectivity index (χ0n) is 34.3. The molecule has 0 radical (unpaired) electrons. The zero-order chi connectivity index (χ0) is 40.6. The first-order chi connectivity index (χ1) is 29.3. The number of benzene rings is 9. The van der Waals surface area contributed by atoms with E-state index in [9.17, 15) is 0 Å². The van der Waals surface area contributed by atoms with Gasteiger partial charge in [-0.1, -0.05) is 164 Å². The summed E-state index contributed by atoms with van der Waals surface area (Å²) in [6.07, 6.45) is 0. The zero-order valence-corrected chi connectivity index (χ0v) is 30.1. The van der Waals surface area contributed by atoms with Crippen molar-refractivity contribution >= 4 is 63.8 Å². The van der Waals surface area contributed by atoms with Crippen LogP contribution in [0.15, 0.2) is 188 Å². The van der Waals surface area contributed by atoms with E-state index in [1.54, 1.807) is 23.5 Å². The molecule has 9 aromatic carbocycles. The molecule has 11 aromatic rings. The minimum absolute atomic E-state index is 0.148. The van der Waals surface area contributed by atoms with Crippen molar-refractivity contribution in [2.45, 2.75) is 0 Å². The molecular formula is C51H31N3S. The summed E-state index contributed by atoms with van der Waals surface area (Å²) in [7, 11) is 0. The summed E-state index contributed by atoms with van der Waals surface area (Å²) in [5, 5.41) is 9.65. The van der Waals surface area contributed by atoms with Crippen molar-refractivity contribution in [2.24, 2.45) is 0 Å². The lowest BCUT2D eigenvalue weighted by Crippen LogP contribution is -2.00. The van der Waals surface area contributed by atoms with E-state index in [2.05, 4.69) is 97.1 Å². The Kier molecular flexibility index (Phi) is 6.23. The Balaban J connectivity index is 1.07. The fraction of sp³-hybridized carbons (Fsp3) is 0. The molecule has 55 heavy (non-hydrogen) atoms. The molecule has 2 heterocycles. The monoisotopic (exact) mass is 722 g/mol. The van der Waals surface area contributed by atoms with Crippen LogP contribution < -0.4 is 0 Å². The summed E-state index contributed by atoms with van der Waals surface area (Å²) in [6.45, 7) is 0. The van der Waals surface area contributed by atoms with Gasteiger partial charge >= 0.3 is 0 Å². The number of fused-ring (bicyclic) bond motifs is 9. The summed E-state index contributed by atoms with van der Waals surface area (Å²) >= 11 is 1.75. The Hall–Kier alpha value is -7.01. The maximum atomic E-state index is 8.49. The Labute approximate surface area is 328 Å². The van der Waals surface area contributed by atoms with E-state index in [4.69, 9.17) is 21.8 Å². The van der Waals surface area contributed by atoms with E-state index in [1.165, 1.54) is 37.0 Å². The standard InChI is InChI=1S/C51H31N3S/c1-3-12-32(13-4-1)33-22-24-35(25-23-33)50-52-49(34-14-5-2-6-15-34)53-51(54-50)43-20-11-21-47-48(43)45-31-37(27-29-46(45)55-47)36-26-28-42-40-18-8-7-16-38(40)39-17-9-10-19-41(39)44(42)30-36/h1-31H/i1D,3D,4D,12D,13D. The van der Waals surface area contributed by atoms with Crippen LogP contribution in [-0.4, -0.2) is 15.0 Å². The SMILES string of the molecule is [2H]c1c([2H])c([2H])c(-c2ccc(-c3nc(-c4ccccc4)nc(-c4cccc5sc6ccc(-c7ccc8c9ccccc9c9ccccc9c8c7)cc6c45)n3)cc2)c([2H])c1[2H]. The second-order valence-corrected chi connectivity index (χ2v) is 14.7. The highest BCUT2D eigenvalue weighted by atomic mass is 32.1. The maximum Gasteiger partial charge on any atom is 0.164 e. The summed E-state index contributed by atoms with van der Waals surface area (Å²) in [5.41, 5.74) is 5.36. The van der Waals surface area contributed by atoms with Gasteiger partial charge in [-0.05, 0) is 78.8 Å². The van der Waals surface area contributed by atoms with E-state index in [0.29, 0.717) is 28.6 Å². The quantitative estimate of drug-likeness (QED) is 0.166. The van der Waals surface area contributed by atoms with Gasteiger partial charge in [-0.15, -0.1) is 11.3 Å². The van der Waals surface area contributed by atoms with Crippen LogP contribution in [0.3, 0.4) is 0 Å². The Morgan fingerprint density at radius 1 is 0.345 bits per heavy atom. The van der Waals surface area contributed by atoms with Crippen molar-refractivity contribution in [2.75, 3.05) is 0 Å². The lowest BCUT2D eigenvalue weighted by Gasteiger charge is -2.12. The lowest BCUT2D eigenvalue weighted by atomic mass is 9.92. The Morgan fingerprint density at radius 3 is 1.56 bits per heavy atom. The first-order valence-electron chi connectivity index (χ1n) is 20.6. The third-order valence-corrected chi connectivity index (χ3v) is 11.5. The first kappa shape index (κ1) is 26.7. The molecule has 0 N–H and O–H groups in total. The third-order valence-electron chi connectivity index (χ3n) is 10.4. The predicted molar refractivity (Wildman–Crippen MR) is 232 cm³/mol. The van der Waals surface area contributed by atoms with Crippen LogP contribution in [0.2, 0.25) is 0 Å². The minimum atomic E-state index is -0.419. The molecule has 11 rings (SSSR count). The molecule has 0 atom stereocenters. The third kappa shape index (κ3) is 5.38. The predicted octanol–water partition coefficient (Wildman–Crippen LogP) is 14.0. The van der Waals surface area contributed by atoms with Crippen LogP contribution in [0.4, 0.5) is 0 Å². The second-order valence-electron chi connectivity index (χ2n) is 13.6. The van der Waals surface area contributed by atoms with Crippen molar-refractivity contribution in [1.29, 1.82) is 0 Å². The van der Waals surface area contributed by atoms with Crippen molar-refractivity contribution < 1.29 is 6.85 Å². The van der Waals surface area contributed by atoms with E-state index >= 15 is 0 Å². The molecule has 0 bridgehead atoms. The maximum absolute atomic E-state index is 8.49. The van der Waals surface area contributed by atoms with Crippen molar-refractivity contribution in [3.63, 3.8) is 0 Å². The van der Waals surface area contributed by atoms with E-state index in [0.717, 1.165) is 37.7 Å². The van der Waals surface area contributed by atoms with Gasteiger partial charge in [0.1, 0.15) is 0 Å². The molecule has 0 saturated heterocycles. The van der Waals surface area contributed by atoms with Gasteiger partial charge in [-0.3, -0.25) is 0 Å². The van der Waals surface area contributed by atoms with Crippen LogP contribution in [0, 0.1) is 0 Å². The van der Waals surface area contributed by atoms with Crippen molar-refractivity contribution in [3.05, 3.63) is 188 Å². The van der Waals surface area contributed by atoms with Crippen LogP contribution >= 0.6 is 11.3 Å². The molecule has 0 saturated carbocycles. The average molecular weight is 723 g/mol. The smallest absolute Gasteiger partial charge is 0.164 e. The van der Waals surface area contributed by atoms with Gasteiger partial charge in [0.05, 0.1) is 6.85 Å². The number of hydrogen-bond donors (Lipinski definition) is 0. The molecular weight excluding hydrogens is 687 g/mol. The van der Waals surface area contributed by atoms with Crippen LogP contribution in [0.5, 0.6) is 0 Å². The highest BCUT2D eigenvalue weighted by Crippen LogP contribution is 2.43. The largest absolute Gasteiger partial charge is 0.208 e. The Morgan fingerprint density at radius 2 is 0.873 bits per heavy atom. The molecule has 0 aliphatic heterocycles. The number of hydrogen-bond acceptors (Lipinski definition) is 4. The summed E-state index contributed by atoms with van der Waals surface area (Å²) in [5.74, 6) is 1.52. The second kappa shape index (κ2) is 12.8. The van der Waals surface area contributed by atoms with Crippen LogP contribution in [0.25, 0.3) is 109 Å². The van der Waals surface area contributed by atoms with Crippen molar-refractivity contribution in [3.8, 4) is 56.4 Å². The van der Waals surface area contributed by atoms with E-state index in [-0.39, 0.29) is 29.7 Å². The number of nitrogens with zero attached hydrogens (tertiary/aromatic N) is 3. The highest BCUT2D eigenvalue weighted by Gasteiger charge is 2.18. The fourth-order valence-corrected chi connectivity index (χ4v) is 8.91. The molecule has 0 unspecified atom stereocenters. The molecule has 4 heteroatoms. The number of aromatic nitrogens is 3. The van der Waals surface area contributed by atoms with Crippen molar-refractivity contribution in [1.82, 2.24) is 15.0 Å². The molecule has 3 nitrogen and oxygen atoms in total. The van der Waals surface area contributed by atoms with Gasteiger partial charge in [0.15, 0.2) is 17.5 Å². The minimum Gasteiger partial charge on any atom is -0.208 e. The fourth-order valence-electron chi connectivity index (χ4n) is 7.80. The van der Waals surface area contributed by atoms with E-state index in [1.807, 2.05) is 48.5 Å². The summed E-state index contributed by atoms with van der Waals surface area (Å²) in [4.78, 5) is 15.1. The molecule has 0 aliphatic carbocycles. The van der Waals surface area contributed by atoms with Gasteiger partial charge in [0.25, 0.3) is 0 Å². The average Bonchev–Trinajstić information content (AvgIpc) is 3.69. The number of rotatable bonds is 5. The molecule has 2 aromatic heterocycles. The Bertz CT molecular complexity index is 3490. The van der Waals surface area contributed by atoms with Gasteiger partial charge in [-0.2, -0.15) is 0 Å². The molecule has 0 spiro atoms. The van der Waals surface area contributed by atoms with Crippen LogP contribution in [-0.2, 0) is 0 Å². The molecule has 0 fully saturated rings. The van der Waals surface area contributed by atoms with Gasteiger partial charge in [-0.25, -0.2) is 15.0 Å². The summed E-state index contributed by atoms with van der Waals surface area (Å²) < 4.78 is 43.6. The summed E-state index contributed by atoms with van der Waals surface area (Å²) in [6, 6.07) is 52.4. The topological polar surface area (TPSA) is 38.7 Å². The molecule has 0 amide bonds. The molecule has 256 valence electrons. The van der Waals surface area contributed by atoms with Gasteiger partial charge < -0.3 is 0 Å².